The first-order chi connectivity index (χ1) is 10.1. The molecule has 0 aliphatic carbocycles. The number of halogens is 2. The van der Waals surface area contributed by atoms with Crippen LogP contribution in [0.5, 0.6) is 0 Å². The van der Waals surface area contributed by atoms with E-state index in [-0.39, 0.29) is 0 Å². The Balaban J connectivity index is 2.20. The van der Waals surface area contributed by atoms with Gasteiger partial charge in [-0.3, -0.25) is 0 Å². The number of hydrogen-bond donors (Lipinski definition) is 1. The lowest BCUT2D eigenvalue weighted by molar-refractivity contribution is 0.102. The molecule has 112 valence electrons. The van der Waals surface area contributed by atoms with Gasteiger partial charge in [0.15, 0.2) is 0 Å². The Morgan fingerprint density at radius 2 is 1.90 bits per heavy atom. The predicted molar refractivity (Wildman–Crippen MR) is 80.8 cm³/mol. The van der Waals surface area contributed by atoms with Crippen molar-refractivity contribution < 1.29 is 13.6 Å². The van der Waals surface area contributed by atoms with E-state index in [2.05, 4.69) is 5.32 Å². The van der Waals surface area contributed by atoms with E-state index in [0.29, 0.717) is 18.7 Å². The van der Waals surface area contributed by atoms with Crippen LogP contribution in [0.1, 0.15) is 13.3 Å². The van der Waals surface area contributed by atoms with Crippen molar-refractivity contribution >= 4 is 22.5 Å². The molecule has 2 aromatic rings. The topological polar surface area (TPSA) is 32.3 Å². The van der Waals surface area contributed by atoms with Crippen LogP contribution in [0.15, 0.2) is 42.5 Å². The van der Waals surface area contributed by atoms with Crippen molar-refractivity contribution in [2.24, 2.45) is 0 Å². The van der Waals surface area contributed by atoms with E-state index in [1.807, 2.05) is 43.3 Å². The Hall–Kier alpha value is -2.17. The van der Waals surface area contributed by atoms with Crippen molar-refractivity contribution in [2.45, 2.75) is 19.8 Å². The molecule has 0 aliphatic rings. The summed E-state index contributed by atoms with van der Waals surface area (Å²) in [6.07, 6.45) is -1.90. The van der Waals surface area contributed by atoms with Crippen LogP contribution in [-0.4, -0.2) is 30.4 Å². The van der Waals surface area contributed by atoms with E-state index in [4.69, 9.17) is 0 Å². The molecule has 0 spiro atoms. The summed E-state index contributed by atoms with van der Waals surface area (Å²) in [7, 11) is 0. The summed E-state index contributed by atoms with van der Waals surface area (Å²) in [6.45, 7) is 1.61. The first kappa shape index (κ1) is 15.2. The van der Waals surface area contributed by atoms with Gasteiger partial charge >= 0.3 is 6.03 Å². The summed E-state index contributed by atoms with van der Waals surface area (Å²) in [4.78, 5) is 13.3. The van der Waals surface area contributed by atoms with Crippen LogP contribution in [0.2, 0.25) is 0 Å². The van der Waals surface area contributed by atoms with Crippen LogP contribution in [0.25, 0.3) is 10.8 Å². The number of nitrogens with zero attached hydrogens (tertiary/aromatic N) is 1. The van der Waals surface area contributed by atoms with E-state index in [0.717, 1.165) is 15.7 Å². The fourth-order valence-electron chi connectivity index (χ4n) is 2.24. The number of carbonyl (C=O) groups is 1. The molecular weight excluding hydrogens is 274 g/mol. The van der Waals surface area contributed by atoms with Gasteiger partial charge in [0, 0.05) is 11.9 Å². The van der Waals surface area contributed by atoms with Crippen LogP contribution < -0.4 is 5.32 Å². The molecule has 0 aliphatic heterocycles. The zero-order valence-electron chi connectivity index (χ0n) is 11.9. The number of nitrogens with one attached hydrogen (secondary N) is 1. The second kappa shape index (κ2) is 7.02. The normalized spacial score (nSPS) is 10.9. The predicted octanol–water partition coefficient (Wildman–Crippen LogP) is 4.35. The second-order valence-electron chi connectivity index (χ2n) is 4.79. The number of fused-ring (bicyclic) bond motifs is 1. The lowest BCUT2D eigenvalue weighted by Gasteiger charge is -2.22. The van der Waals surface area contributed by atoms with Gasteiger partial charge in [-0.15, -0.1) is 0 Å². The summed E-state index contributed by atoms with van der Waals surface area (Å²) in [5, 5.41) is 4.61. The molecule has 3 nitrogen and oxygen atoms in total. The maximum Gasteiger partial charge on any atom is 0.322 e. The van der Waals surface area contributed by atoms with Crippen LogP contribution >= 0.6 is 0 Å². The highest BCUT2D eigenvalue weighted by atomic mass is 19.3. The SMILES string of the molecule is CCCN(CC(F)F)C(=O)Nc1cccc2ccccc12. The molecule has 0 aromatic heterocycles. The molecule has 2 aromatic carbocycles. The number of urea groups is 1. The van der Waals surface area contributed by atoms with Crippen molar-refractivity contribution in [2.75, 3.05) is 18.4 Å². The Labute approximate surface area is 122 Å². The minimum atomic E-state index is -2.53. The molecule has 0 radical (unpaired) electrons. The molecule has 0 fully saturated rings. The molecule has 1 N–H and O–H groups in total. The van der Waals surface area contributed by atoms with Gasteiger partial charge in [-0.25, -0.2) is 13.6 Å². The summed E-state index contributed by atoms with van der Waals surface area (Å²) >= 11 is 0. The second-order valence-corrected chi connectivity index (χ2v) is 4.79. The maximum absolute atomic E-state index is 12.5. The fourth-order valence-corrected chi connectivity index (χ4v) is 2.24. The van der Waals surface area contributed by atoms with Crippen LogP contribution in [0, 0.1) is 0 Å². The Kier molecular flexibility index (Phi) is 5.09. The molecule has 0 saturated carbocycles. The molecule has 0 saturated heterocycles. The largest absolute Gasteiger partial charge is 0.322 e. The maximum atomic E-state index is 12.5. The third-order valence-electron chi connectivity index (χ3n) is 3.17. The molecule has 0 heterocycles. The first-order valence-electron chi connectivity index (χ1n) is 6.93. The standard InChI is InChI=1S/C16H18F2N2O/c1-2-10-20(11-15(17)18)16(21)19-14-9-5-7-12-6-3-4-8-13(12)14/h3-9,15H,2,10-11H2,1H3,(H,19,21). The van der Waals surface area contributed by atoms with E-state index in [9.17, 15) is 13.6 Å². The smallest absolute Gasteiger partial charge is 0.319 e. The van der Waals surface area contributed by atoms with Crippen LogP contribution in [0.4, 0.5) is 19.3 Å². The third-order valence-corrected chi connectivity index (χ3v) is 3.17. The quantitative estimate of drug-likeness (QED) is 0.873. The van der Waals surface area contributed by atoms with Crippen molar-refractivity contribution in [1.29, 1.82) is 0 Å². The zero-order valence-corrected chi connectivity index (χ0v) is 11.9. The van der Waals surface area contributed by atoms with Gasteiger partial charge in [-0.1, -0.05) is 43.3 Å². The number of benzene rings is 2. The monoisotopic (exact) mass is 292 g/mol. The third kappa shape index (κ3) is 3.90. The zero-order chi connectivity index (χ0) is 15.2. The van der Waals surface area contributed by atoms with E-state index >= 15 is 0 Å². The Morgan fingerprint density at radius 3 is 2.62 bits per heavy atom. The van der Waals surface area contributed by atoms with E-state index < -0.39 is 19.0 Å². The van der Waals surface area contributed by atoms with Crippen LogP contribution in [-0.2, 0) is 0 Å². The number of hydrogen-bond acceptors (Lipinski definition) is 1. The minimum Gasteiger partial charge on any atom is -0.319 e. The van der Waals surface area contributed by atoms with E-state index in [1.54, 1.807) is 6.07 Å². The molecule has 0 unspecified atom stereocenters. The van der Waals surface area contributed by atoms with E-state index in [1.165, 1.54) is 0 Å². The summed E-state index contributed by atoms with van der Waals surface area (Å²) in [6, 6.07) is 12.7. The van der Waals surface area contributed by atoms with Gasteiger partial charge < -0.3 is 10.2 Å². The van der Waals surface area contributed by atoms with Gasteiger partial charge in [0.1, 0.15) is 0 Å². The van der Waals surface area contributed by atoms with Crippen molar-refractivity contribution in [3.8, 4) is 0 Å². The Bertz CT molecular complexity index is 611. The van der Waals surface area contributed by atoms with Gasteiger partial charge in [-0.2, -0.15) is 0 Å². The number of amides is 2. The molecule has 0 bridgehead atoms. The molecule has 5 heteroatoms. The van der Waals surface area contributed by atoms with Gasteiger partial charge in [0.25, 0.3) is 6.43 Å². The molecule has 0 atom stereocenters. The highest BCUT2D eigenvalue weighted by Crippen LogP contribution is 2.23. The van der Waals surface area contributed by atoms with Crippen molar-refractivity contribution in [3.05, 3.63) is 42.5 Å². The Morgan fingerprint density at radius 1 is 1.19 bits per heavy atom. The highest BCUT2D eigenvalue weighted by molar-refractivity contribution is 6.01. The minimum absolute atomic E-state index is 0.306. The first-order valence-corrected chi connectivity index (χ1v) is 6.93. The van der Waals surface area contributed by atoms with Gasteiger partial charge in [0.05, 0.1) is 12.2 Å². The highest BCUT2D eigenvalue weighted by Gasteiger charge is 2.18. The lowest BCUT2D eigenvalue weighted by Crippen LogP contribution is -2.38. The van der Waals surface area contributed by atoms with Gasteiger partial charge in [0.2, 0.25) is 0 Å². The van der Waals surface area contributed by atoms with Gasteiger partial charge in [-0.05, 0) is 17.9 Å². The number of alkyl halides is 2. The number of anilines is 1. The molecule has 2 rings (SSSR count). The average Bonchev–Trinajstić information content (AvgIpc) is 2.47. The van der Waals surface area contributed by atoms with Crippen molar-refractivity contribution in [3.63, 3.8) is 0 Å². The number of rotatable bonds is 5. The van der Waals surface area contributed by atoms with Crippen LogP contribution in [0.3, 0.4) is 0 Å². The average molecular weight is 292 g/mol. The number of carbonyl (C=O) groups excluding carboxylic acids is 1. The summed E-state index contributed by atoms with van der Waals surface area (Å²) < 4.78 is 25.1. The fraction of sp³-hybridized carbons (Fsp3) is 0.312. The molecule has 2 amide bonds. The summed E-state index contributed by atoms with van der Waals surface area (Å²) in [5.74, 6) is 0. The summed E-state index contributed by atoms with van der Waals surface area (Å²) in [5.41, 5.74) is 0.633. The molecular formula is C16H18F2N2O. The molecule has 21 heavy (non-hydrogen) atoms. The van der Waals surface area contributed by atoms with Crippen molar-refractivity contribution in [1.82, 2.24) is 4.90 Å². The lowest BCUT2D eigenvalue weighted by atomic mass is 10.1.